The van der Waals surface area contributed by atoms with Crippen LogP contribution in [0.4, 0.5) is 19.7 Å². The van der Waals surface area contributed by atoms with Crippen LogP contribution in [0.15, 0.2) is 90.1 Å². The molecule has 1 unspecified atom stereocenters. The van der Waals surface area contributed by atoms with Gasteiger partial charge in [0.05, 0.1) is 50.6 Å². The number of methoxy groups -OCH3 is 2. The first-order valence-corrected chi connectivity index (χ1v) is 24.0. The van der Waals surface area contributed by atoms with E-state index in [1.807, 2.05) is 6.07 Å². The third-order valence-electron chi connectivity index (χ3n) is 13.1. The second-order valence-corrected chi connectivity index (χ2v) is 17.7. The van der Waals surface area contributed by atoms with Crippen LogP contribution in [0.3, 0.4) is 0 Å². The normalized spacial score (nSPS) is 24.3. The molecule has 4 aliphatic rings. The number of hydrogen-bond acceptors (Lipinski definition) is 13. The Bertz CT molecular complexity index is 2240. The number of carbonyl (C=O) groups excluding carboxylic acids is 2. The van der Waals surface area contributed by atoms with Gasteiger partial charge in [0, 0.05) is 50.1 Å². The zero-order chi connectivity index (χ0) is 48.0. The fraction of sp³-hybridized carbons (Fsp3) is 0.510. The van der Waals surface area contributed by atoms with Crippen LogP contribution in [-0.4, -0.2) is 104 Å². The van der Waals surface area contributed by atoms with E-state index in [-0.39, 0.29) is 62.9 Å². The second-order valence-electron chi connectivity index (χ2n) is 17.3. The van der Waals surface area contributed by atoms with Crippen molar-refractivity contribution in [2.24, 2.45) is 22.9 Å². The number of unbranched alkanes of at least 4 members (excludes halogenated alkanes) is 2. The molecule has 3 aromatic carbocycles. The van der Waals surface area contributed by atoms with E-state index in [9.17, 15) is 24.2 Å². The minimum Gasteiger partial charge on any atom is -0.497 e. The van der Waals surface area contributed by atoms with Gasteiger partial charge in [0.2, 0.25) is 12.1 Å². The summed E-state index contributed by atoms with van der Waals surface area (Å²) in [5, 5.41) is 27.6. The Morgan fingerprint density at radius 3 is 2.49 bits per heavy atom. The number of aliphatic hydroxyl groups excluding tert-OH is 2. The molecule has 368 valence electrons. The number of allylic oxidation sites excluding steroid dienone is 1. The highest BCUT2D eigenvalue weighted by molar-refractivity contribution is 6.18. The predicted molar refractivity (Wildman–Crippen MR) is 253 cm³/mol. The quantitative estimate of drug-likeness (QED) is 0.0377. The topological polar surface area (TPSA) is 176 Å². The summed E-state index contributed by atoms with van der Waals surface area (Å²) in [6.45, 7) is 4.50. The molecule has 2 fully saturated rings. The molecule has 2 heterocycles. The minimum absolute atomic E-state index is 0.0114. The molecule has 3 N–H and O–H groups in total. The molecule has 1 saturated carbocycles. The van der Waals surface area contributed by atoms with Gasteiger partial charge in [-0.05, 0) is 104 Å². The molecule has 7 atom stereocenters. The van der Waals surface area contributed by atoms with Crippen LogP contribution in [0.2, 0.25) is 0 Å². The first kappa shape index (κ1) is 50.5. The Kier molecular flexibility index (Phi) is 18.0. The molecule has 2 aliphatic heterocycles. The Labute approximate surface area is 402 Å². The van der Waals surface area contributed by atoms with Crippen molar-refractivity contribution in [3.05, 3.63) is 102 Å². The zero-order valence-corrected chi connectivity index (χ0v) is 39.5. The van der Waals surface area contributed by atoms with Gasteiger partial charge >= 0.3 is 12.2 Å². The fourth-order valence-corrected chi connectivity index (χ4v) is 10.1. The highest BCUT2D eigenvalue weighted by Gasteiger charge is 2.66. The number of nitrogens with zero attached hydrogens (tertiary/aromatic N) is 2. The van der Waals surface area contributed by atoms with Gasteiger partial charge in [-0.1, -0.05) is 42.3 Å². The molecule has 68 heavy (non-hydrogen) atoms. The SMILES string of the molecule is C=CCO[C@@]12Oc3ccc(OC(=O)Nc4ccc(OC)cc4OC)cc3[C@H]3[C@H](CCCCO)[C@@H](CCCCO)C=C(C(=NOC4CCCCO4)C[C@@H]1N(Cc1ccc(F)cc1)C(=O)OCCCl)[C@H]32. The van der Waals surface area contributed by atoms with Crippen molar-refractivity contribution in [3.8, 4) is 23.0 Å². The standard InChI is InChI=1S/C51H63ClFN3O12/c1-4-25-65-51-45(56(50(60)64-27-22-52)32-33-14-16-35(53)17-15-33)31-42(55-68-46-13-7-10-26-63-46)39-28-34(11-5-8-23-57)38(12-6-9-24-58)47(48(39)51)40-29-37(19-21-43(40)67-51)66-49(59)54-41-20-18-36(61-2)30-44(41)62-3/h4,14-21,28-30,34,38,45-48,57-58H,1,5-13,22-27,31-32H2,2-3H3,(H,54,59)/t34-,38+,45-,46?,47+,48+,51+/m0/s1. The number of rotatable bonds is 22. The molecule has 1 saturated heterocycles. The van der Waals surface area contributed by atoms with Crippen molar-refractivity contribution >= 4 is 35.2 Å². The van der Waals surface area contributed by atoms with Gasteiger partial charge in [0.15, 0.2) is 0 Å². The van der Waals surface area contributed by atoms with Crippen LogP contribution in [0, 0.1) is 23.6 Å². The van der Waals surface area contributed by atoms with E-state index >= 15 is 0 Å². The van der Waals surface area contributed by atoms with Crippen molar-refractivity contribution < 1.29 is 62.2 Å². The maximum atomic E-state index is 14.6. The number of anilines is 1. The number of aliphatic hydroxyl groups is 2. The molecule has 7 rings (SSSR count). The van der Waals surface area contributed by atoms with Crippen molar-refractivity contribution in [2.45, 2.75) is 94.8 Å². The van der Waals surface area contributed by atoms with Gasteiger partial charge in [-0.2, -0.15) is 0 Å². The van der Waals surface area contributed by atoms with E-state index in [0.717, 1.165) is 36.8 Å². The number of nitrogens with one attached hydrogen (secondary N) is 1. The Hall–Kier alpha value is -5.39. The molecule has 0 spiro atoms. The van der Waals surface area contributed by atoms with Crippen LogP contribution >= 0.6 is 11.6 Å². The number of oxime groups is 1. The maximum absolute atomic E-state index is 14.6. The summed E-state index contributed by atoms with van der Waals surface area (Å²) >= 11 is 6.09. The third-order valence-corrected chi connectivity index (χ3v) is 13.3. The Balaban J connectivity index is 1.41. The first-order chi connectivity index (χ1) is 33.2. The molecule has 15 nitrogen and oxygen atoms in total. The second kappa shape index (κ2) is 24.2. The molecular weight excluding hydrogens is 901 g/mol. The van der Waals surface area contributed by atoms with Gasteiger partial charge < -0.3 is 48.2 Å². The van der Waals surface area contributed by atoms with E-state index in [0.29, 0.717) is 72.9 Å². The molecule has 2 aliphatic carbocycles. The Morgan fingerprint density at radius 2 is 1.78 bits per heavy atom. The summed E-state index contributed by atoms with van der Waals surface area (Å²) in [4.78, 5) is 36.0. The largest absolute Gasteiger partial charge is 0.497 e. The zero-order valence-electron chi connectivity index (χ0n) is 38.7. The first-order valence-electron chi connectivity index (χ1n) is 23.5. The lowest BCUT2D eigenvalue weighted by Crippen LogP contribution is -2.70. The van der Waals surface area contributed by atoms with E-state index in [1.165, 1.54) is 31.3 Å². The number of benzene rings is 3. The van der Waals surface area contributed by atoms with Crippen molar-refractivity contribution in [3.63, 3.8) is 0 Å². The van der Waals surface area contributed by atoms with E-state index in [2.05, 4.69) is 18.0 Å². The predicted octanol–water partition coefficient (Wildman–Crippen LogP) is 9.49. The average Bonchev–Trinajstić information content (AvgIpc) is 3.35. The van der Waals surface area contributed by atoms with Gasteiger partial charge in [0.1, 0.15) is 41.5 Å². The highest BCUT2D eigenvalue weighted by Crippen LogP contribution is 2.62. The number of hydrogen-bond donors (Lipinski definition) is 3. The van der Waals surface area contributed by atoms with Crippen LogP contribution in [0.5, 0.6) is 23.0 Å². The number of fused-ring (bicyclic) bond motifs is 2. The maximum Gasteiger partial charge on any atom is 0.417 e. The van der Waals surface area contributed by atoms with Gasteiger partial charge in [-0.15, -0.1) is 18.2 Å². The van der Waals surface area contributed by atoms with Crippen molar-refractivity contribution in [1.29, 1.82) is 0 Å². The summed E-state index contributed by atoms with van der Waals surface area (Å²) in [7, 11) is 3.02. The summed E-state index contributed by atoms with van der Waals surface area (Å²) in [5.41, 5.74) is 3.08. The molecule has 3 aromatic rings. The third kappa shape index (κ3) is 11.7. The van der Waals surface area contributed by atoms with Crippen LogP contribution in [0.25, 0.3) is 0 Å². The number of ether oxygens (including phenoxy) is 7. The highest BCUT2D eigenvalue weighted by atomic mass is 35.5. The van der Waals surface area contributed by atoms with E-state index < -0.39 is 48.0 Å². The van der Waals surface area contributed by atoms with Gasteiger partial charge in [-0.25, -0.2) is 14.0 Å². The minimum atomic E-state index is -1.63. The number of halogens is 2. The van der Waals surface area contributed by atoms with Gasteiger partial charge in [0.25, 0.3) is 0 Å². The summed E-state index contributed by atoms with van der Waals surface area (Å²) in [6, 6.07) is 15.1. The van der Waals surface area contributed by atoms with Gasteiger partial charge in [-0.3, -0.25) is 10.2 Å². The number of alkyl halides is 1. The average molecular weight is 965 g/mol. The molecular formula is C51H63ClFN3O12. The lowest BCUT2D eigenvalue weighted by molar-refractivity contribution is -0.256. The Morgan fingerprint density at radius 1 is 1.00 bits per heavy atom. The molecule has 17 heteroatoms. The summed E-state index contributed by atoms with van der Waals surface area (Å²) in [5.74, 6) is -1.71. The van der Waals surface area contributed by atoms with E-state index in [1.54, 1.807) is 48.5 Å². The van der Waals surface area contributed by atoms with Crippen LogP contribution in [-0.2, 0) is 25.6 Å². The fourth-order valence-electron chi connectivity index (χ4n) is 10.1. The van der Waals surface area contributed by atoms with Crippen molar-refractivity contribution in [2.75, 3.05) is 58.5 Å². The molecule has 0 bridgehead atoms. The summed E-state index contributed by atoms with van der Waals surface area (Å²) < 4.78 is 57.3. The monoisotopic (exact) mass is 963 g/mol. The lowest BCUT2D eigenvalue weighted by Gasteiger charge is -2.59. The molecule has 0 radical (unpaired) electrons. The summed E-state index contributed by atoms with van der Waals surface area (Å²) in [6.07, 6.45) is 8.35. The molecule has 2 amide bonds. The van der Waals surface area contributed by atoms with Crippen LogP contribution in [0.1, 0.15) is 81.3 Å². The van der Waals surface area contributed by atoms with E-state index in [4.69, 9.17) is 54.8 Å². The van der Waals surface area contributed by atoms with Crippen LogP contribution < -0.4 is 24.3 Å². The lowest BCUT2D eigenvalue weighted by atomic mass is 9.55. The van der Waals surface area contributed by atoms with Crippen molar-refractivity contribution in [1.82, 2.24) is 4.90 Å². The number of amides is 2. The smallest absolute Gasteiger partial charge is 0.417 e. The molecule has 0 aromatic heterocycles. The number of carbonyl (C=O) groups is 2.